The summed E-state index contributed by atoms with van der Waals surface area (Å²) in [5.74, 6) is 1.80. The Bertz CT molecular complexity index is 968. The minimum atomic E-state index is -0.372. The third-order valence-electron chi connectivity index (χ3n) is 10.7. The van der Waals surface area contributed by atoms with Gasteiger partial charge in [0.1, 0.15) is 0 Å². The first kappa shape index (κ1) is 35.0. The Morgan fingerprint density at radius 1 is 0.850 bits per heavy atom. The molecule has 4 nitrogen and oxygen atoms in total. The van der Waals surface area contributed by atoms with Gasteiger partial charge in [0, 0.05) is 30.3 Å². The number of hydrogen-bond donors (Lipinski definition) is 2. The highest BCUT2D eigenvalue weighted by atomic mass is 16.3. The van der Waals surface area contributed by atoms with Crippen LogP contribution in [-0.2, 0) is 11.0 Å². The topological polar surface area (TPSA) is 48.6 Å². The highest BCUT2D eigenvalue weighted by Gasteiger charge is 2.66. The minimum absolute atomic E-state index is 0.183. The number of rotatable bonds is 15. The average molecular weight is 561 g/mol. The first-order valence-corrected chi connectivity index (χ1v) is 16.2. The lowest BCUT2D eigenvalue weighted by Crippen LogP contribution is -2.34. The Morgan fingerprint density at radius 2 is 1.38 bits per heavy atom. The molecule has 2 N–H and O–H groups in total. The van der Waals surface area contributed by atoms with Crippen molar-refractivity contribution in [3.63, 3.8) is 0 Å². The highest BCUT2D eigenvalue weighted by molar-refractivity contribution is 5.42. The SMILES string of the molecule is CC(C)CN(CCC(C)(C)CCCC(C)(C)n1c(O)cc(C(C)(C)CC2(C)CC2(C)C(C)(C)C)c1O)CC(C)C. The van der Waals surface area contributed by atoms with E-state index in [4.69, 9.17) is 0 Å². The molecule has 1 aliphatic carbocycles. The number of aromatic hydroxyl groups is 2. The van der Waals surface area contributed by atoms with Crippen molar-refractivity contribution in [3.8, 4) is 11.8 Å². The number of nitrogens with zero attached hydrogens (tertiary/aromatic N) is 2. The average Bonchev–Trinajstić information content (AvgIpc) is 3.13. The molecule has 1 aromatic rings. The van der Waals surface area contributed by atoms with Crippen molar-refractivity contribution < 1.29 is 10.2 Å². The fourth-order valence-corrected chi connectivity index (χ4v) is 7.80. The van der Waals surface area contributed by atoms with E-state index in [0.717, 1.165) is 37.8 Å². The molecule has 0 saturated heterocycles. The molecule has 2 rings (SSSR count). The van der Waals surface area contributed by atoms with Crippen LogP contribution < -0.4 is 0 Å². The smallest absolute Gasteiger partial charge is 0.198 e. The maximum Gasteiger partial charge on any atom is 0.198 e. The van der Waals surface area contributed by atoms with E-state index < -0.39 is 0 Å². The van der Waals surface area contributed by atoms with E-state index >= 15 is 0 Å². The van der Waals surface area contributed by atoms with Gasteiger partial charge in [-0.25, -0.2) is 0 Å². The van der Waals surface area contributed by atoms with Crippen LogP contribution in [0.25, 0.3) is 0 Å². The largest absolute Gasteiger partial charge is 0.494 e. The monoisotopic (exact) mass is 561 g/mol. The number of aromatic nitrogens is 1. The summed E-state index contributed by atoms with van der Waals surface area (Å²) in [5, 5.41) is 22.6. The second kappa shape index (κ2) is 11.8. The predicted molar refractivity (Wildman–Crippen MR) is 173 cm³/mol. The Labute approximate surface area is 249 Å². The van der Waals surface area contributed by atoms with Crippen LogP contribution in [0.3, 0.4) is 0 Å². The van der Waals surface area contributed by atoms with Crippen LogP contribution in [-0.4, -0.2) is 39.3 Å². The van der Waals surface area contributed by atoms with Crippen LogP contribution in [0, 0.1) is 33.5 Å². The Morgan fingerprint density at radius 3 is 1.82 bits per heavy atom. The Balaban J connectivity index is 2.08. The quantitative estimate of drug-likeness (QED) is 0.224. The van der Waals surface area contributed by atoms with Crippen molar-refractivity contribution in [3.05, 3.63) is 11.6 Å². The third kappa shape index (κ3) is 8.01. The van der Waals surface area contributed by atoms with Crippen molar-refractivity contribution in [1.82, 2.24) is 9.47 Å². The first-order chi connectivity index (χ1) is 17.9. The summed E-state index contributed by atoms with van der Waals surface area (Å²) < 4.78 is 1.79. The normalized spacial score (nSPS) is 22.6. The van der Waals surface area contributed by atoms with Crippen LogP contribution >= 0.6 is 0 Å². The molecule has 2 atom stereocenters. The summed E-state index contributed by atoms with van der Waals surface area (Å²) in [7, 11) is 0. The second-order valence-electron chi connectivity index (χ2n) is 18.1. The van der Waals surface area contributed by atoms with Gasteiger partial charge in [-0.1, -0.05) is 96.4 Å². The molecule has 1 aliphatic rings. The molecule has 1 heterocycles. The van der Waals surface area contributed by atoms with E-state index in [1.165, 1.54) is 25.9 Å². The third-order valence-corrected chi connectivity index (χ3v) is 10.7. The molecule has 0 aromatic carbocycles. The zero-order valence-electron chi connectivity index (χ0n) is 29.4. The predicted octanol–water partition coefficient (Wildman–Crippen LogP) is 9.97. The van der Waals surface area contributed by atoms with E-state index in [2.05, 4.69) is 109 Å². The van der Waals surface area contributed by atoms with Crippen LogP contribution in [0.15, 0.2) is 6.07 Å². The van der Waals surface area contributed by atoms with E-state index in [9.17, 15) is 10.2 Å². The molecule has 1 fully saturated rings. The lowest BCUT2D eigenvalue weighted by atomic mass is 9.68. The van der Waals surface area contributed by atoms with E-state index in [1.807, 2.05) is 6.07 Å². The van der Waals surface area contributed by atoms with Gasteiger partial charge in [-0.05, 0) is 91.4 Å². The van der Waals surface area contributed by atoms with Gasteiger partial charge in [0.25, 0.3) is 0 Å². The zero-order chi connectivity index (χ0) is 31.1. The van der Waals surface area contributed by atoms with E-state index in [1.54, 1.807) is 4.57 Å². The molecule has 0 spiro atoms. The first-order valence-electron chi connectivity index (χ1n) is 16.2. The number of hydrogen-bond acceptors (Lipinski definition) is 3. The van der Waals surface area contributed by atoms with Crippen molar-refractivity contribution in [2.24, 2.45) is 33.5 Å². The molecule has 0 radical (unpaired) electrons. The molecule has 1 saturated carbocycles. The van der Waals surface area contributed by atoms with Crippen LogP contribution in [0.5, 0.6) is 11.8 Å². The molecule has 234 valence electrons. The van der Waals surface area contributed by atoms with Crippen molar-refractivity contribution in [2.75, 3.05) is 19.6 Å². The maximum absolute atomic E-state index is 11.5. The Hall–Kier alpha value is -1.16. The molecule has 4 heteroatoms. The fraction of sp³-hybridized carbons (Fsp3) is 0.889. The summed E-state index contributed by atoms with van der Waals surface area (Å²) in [5.41, 5.74) is 1.27. The summed E-state index contributed by atoms with van der Waals surface area (Å²) in [4.78, 5) is 2.65. The van der Waals surface area contributed by atoms with Gasteiger partial charge < -0.3 is 15.1 Å². The van der Waals surface area contributed by atoms with E-state index in [-0.39, 0.29) is 44.4 Å². The lowest BCUT2D eigenvalue weighted by Gasteiger charge is -2.36. The van der Waals surface area contributed by atoms with Crippen molar-refractivity contribution in [1.29, 1.82) is 0 Å². The minimum Gasteiger partial charge on any atom is -0.494 e. The van der Waals surface area contributed by atoms with Gasteiger partial charge in [-0.15, -0.1) is 0 Å². The van der Waals surface area contributed by atoms with Gasteiger partial charge in [-0.3, -0.25) is 4.57 Å². The molecule has 0 bridgehead atoms. The zero-order valence-corrected chi connectivity index (χ0v) is 29.4. The summed E-state index contributed by atoms with van der Waals surface area (Å²) >= 11 is 0. The van der Waals surface area contributed by atoms with Gasteiger partial charge in [0.05, 0.1) is 0 Å². The van der Waals surface area contributed by atoms with Gasteiger partial charge in [0.15, 0.2) is 11.8 Å². The lowest BCUT2D eigenvalue weighted by molar-refractivity contribution is 0.155. The van der Waals surface area contributed by atoms with Crippen LogP contribution in [0.4, 0.5) is 0 Å². The molecule has 0 aliphatic heterocycles. The van der Waals surface area contributed by atoms with Gasteiger partial charge in [0.2, 0.25) is 0 Å². The molecule has 0 amide bonds. The Kier molecular flexibility index (Phi) is 10.4. The van der Waals surface area contributed by atoms with Crippen LogP contribution in [0.1, 0.15) is 148 Å². The van der Waals surface area contributed by atoms with Gasteiger partial charge in [-0.2, -0.15) is 0 Å². The second-order valence-corrected chi connectivity index (χ2v) is 18.1. The molecular formula is C36H68N2O2. The molecule has 2 unspecified atom stereocenters. The van der Waals surface area contributed by atoms with E-state index in [0.29, 0.717) is 11.8 Å². The van der Waals surface area contributed by atoms with Crippen LogP contribution in [0.2, 0.25) is 0 Å². The highest BCUT2D eigenvalue weighted by Crippen LogP contribution is 2.74. The molecule has 40 heavy (non-hydrogen) atoms. The summed E-state index contributed by atoms with van der Waals surface area (Å²) in [6.45, 7) is 38.2. The molecular weight excluding hydrogens is 492 g/mol. The fourth-order valence-electron chi connectivity index (χ4n) is 7.80. The standard InChI is InChI=1S/C36H68N2O2/c1-26(2)22-37(23-27(3)4)20-19-32(8,9)17-16-18-34(12,13)38-29(39)21-28(30(38)40)33(10,11)24-35(14)25-36(35,15)31(5,6)7/h21,26-27,39-40H,16-20,22-25H2,1-15H3. The molecule has 1 aromatic heterocycles. The maximum atomic E-state index is 11.5. The summed E-state index contributed by atoms with van der Waals surface area (Å²) in [6, 6.07) is 1.83. The summed E-state index contributed by atoms with van der Waals surface area (Å²) in [6.07, 6.45) is 6.49. The van der Waals surface area contributed by atoms with Gasteiger partial charge >= 0.3 is 0 Å². The van der Waals surface area contributed by atoms with Crippen molar-refractivity contribution in [2.45, 2.75) is 153 Å². The van der Waals surface area contributed by atoms with Crippen molar-refractivity contribution >= 4 is 0 Å².